The first-order valence-corrected chi connectivity index (χ1v) is 7.83. The van der Waals surface area contributed by atoms with Crippen molar-refractivity contribution in [3.8, 4) is 5.75 Å². The molecule has 6 heteroatoms. The lowest BCUT2D eigenvalue weighted by Gasteiger charge is -2.28. The fourth-order valence-corrected chi connectivity index (χ4v) is 3.11. The summed E-state index contributed by atoms with van der Waals surface area (Å²) in [5.41, 5.74) is 0.956. The van der Waals surface area contributed by atoms with Gasteiger partial charge in [0.15, 0.2) is 0 Å². The van der Waals surface area contributed by atoms with Crippen LogP contribution in [-0.2, 0) is 4.79 Å². The number of carbonyl (C=O) groups is 2. The maximum absolute atomic E-state index is 12.3. The van der Waals surface area contributed by atoms with Crippen LogP contribution in [0.1, 0.15) is 18.5 Å². The molecule has 0 spiro atoms. The van der Waals surface area contributed by atoms with Crippen molar-refractivity contribution < 1.29 is 14.3 Å². The Hall–Kier alpha value is -1.69. The van der Waals surface area contributed by atoms with Crippen molar-refractivity contribution >= 4 is 22.9 Å². The fourth-order valence-electron chi connectivity index (χ4n) is 2.28. The number of nitrogens with zero attached hydrogens (tertiary/aromatic N) is 2. The van der Waals surface area contributed by atoms with Crippen LogP contribution in [0.15, 0.2) is 24.3 Å². The number of amides is 2. The minimum atomic E-state index is -0.112. The number of methoxy groups -OCH3 is 1. The molecule has 0 aliphatic carbocycles. The average Bonchev–Trinajstić information content (AvgIpc) is 2.90. The monoisotopic (exact) mass is 308 g/mol. The van der Waals surface area contributed by atoms with E-state index in [-0.39, 0.29) is 23.7 Å². The second-order valence-corrected chi connectivity index (χ2v) is 6.00. The van der Waals surface area contributed by atoms with Gasteiger partial charge in [0, 0.05) is 24.9 Å². The molecule has 0 bridgehead atoms. The highest BCUT2D eigenvalue weighted by atomic mass is 32.2. The van der Waals surface area contributed by atoms with Crippen molar-refractivity contribution in [1.29, 1.82) is 0 Å². The number of rotatable bonds is 5. The topological polar surface area (TPSA) is 49.9 Å². The lowest BCUT2D eigenvalue weighted by atomic mass is 10.1. The van der Waals surface area contributed by atoms with E-state index in [1.54, 1.807) is 24.0 Å². The van der Waals surface area contributed by atoms with E-state index in [1.165, 1.54) is 11.8 Å². The van der Waals surface area contributed by atoms with Gasteiger partial charge < -0.3 is 14.5 Å². The van der Waals surface area contributed by atoms with Crippen molar-refractivity contribution in [3.05, 3.63) is 29.8 Å². The van der Waals surface area contributed by atoms with Gasteiger partial charge in [-0.15, -0.1) is 0 Å². The summed E-state index contributed by atoms with van der Waals surface area (Å²) in [6.45, 7) is 2.74. The standard InChI is InChI=1S/C15H20N2O3S/c1-11(12-6-4-5-7-13(12)20-3)16(2)14(18)10-17-8-9-21-15(17)19/h4-7,11H,8-10H2,1-3H3/t11-/m0/s1. The third-order valence-electron chi connectivity index (χ3n) is 3.73. The van der Waals surface area contributed by atoms with Crippen molar-refractivity contribution in [3.63, 3.8) is 0 Å². The van der Waals surface area contributed by atoms with Crippen LogP contribution in [0.3, 0.4) is 0 Å². The molecule has 114 valence electrons. The first-order chi connectivity index (χ1) is 10.0. The minimum Gasteiger partial charge on any atom is -0.496 e. The number of ether oxygens (including phenoxy) is 1. The molecule has 1 aromatic rings. The van der Waals surface area contributed by atoms with E-state index >= 15 is 0 Å². The molecule has 5 nitrogen and oxygen atoms in total. The molecule has 0 unspecified atom stereocenters. The Labute approximate surface area is 129 Å². The number of hydrogen-bond acceptors (Lipinski definition) is 4. The zero-order valence-corrected chi connectivity index (χ0v) is 13.4. The normalized spacial score (nSPS) is 16.0. The number of likely N-dealkylation sites (N-methyl/N-ethyl adjacent to an activating group) is 1. The van der Waals surface area contributed by atoms with E-state index in [2.05, 4.69) is 0 Å². The molecule has 1 heterocycles. The van der Waals surface area contributed by atoms with E-state index in [0.717, 1.165) is 17.1 Å². The second-order valence-electron chi connectivity index (χ2n) is 4.96. The third-order valence-corrected chi connectivity index (χ3v) is 4.63. The molecule has 1 aliphatic heterocycles. The molecule has 2 rings (SSSR count). The van der Waals surface area contributed by atoms with Gasteiger partial charge in [0.05, 0.1) is 13.2 Å². The predicted molar refractivity (Wildman–Crippen MR) is 83.6 cm³/mol. The van der Waals surface area contributed by atoms with Gasteiger partial charge in [0.1, 0.15) is 12.3 Å². The third kappa shape index (κ3) is 3.50. The van der Waals surface area contributed by atoms with Gasteiger partial charge in [-0.25, -0.2) is 0 Å². The maximum atomic E-state index is 12.3. The van der Waals surface area contributed by atoms with Crippen LogP contribution in [0.25, 0.3) is 0 Å². The van der Waals surface area contributed by atoms with Crippen LogP contribution in [0.5, 0.6) is 5.75 Å². The van der Waals surface area contributed by atoms with Gasteiger partial charge in [0.2, 0.25) is 5.91 Å². The Bertz CT molecular complexity index is 535. The predicted octanol–water partition coefficient (Wildman–Crippen LogP) is 2.38. The fraction of sp³-hybridized carbons (Fsp3) is 0.467. The van der Waals surface area contributed by atoms with Crippen LogP contribution < -0.4 is 4.74 Å². The van der Waals surface area contributed by atoms with E-state index in [9.17, 15) is 9.59 Å². The Kier molecular flexibility index (Phi) is 5.12. The summed E-state index contributed by atoms with van der Waals surface area (Å²) in [5.74, 6) is 1.46. The minimum absolute atomic E-state index is 0.0123. The summed E-state index contributed by atoms with van der Waals surface area (Å²) >= 11 is 1.27. The lowest BCUT2D eigenvalue weighted by Crippen LogP contribution is -2.39. The average molecular weight is 308 g/mol. The van der Waals surface area contributed by atoms with E-state index in [1.807, 2.05) is 31.2 Å². The van der Waals surface area contributed by atoms with Crippen LogP contribution in [0, 0.1) is 0 Å². The van der Waals surface area contributed by atoms with Crippen LogP contribution in [0.2, 0.25) is 0 Å². The summed E-state index contributed by atoms with van der Waals surface area (Å²) < 4.78 is 5.34. The Morgan fingerprint density at radius 1 is 1.48 bits per heavy atom. The summed E-state index contributed by atoms with van der Waals surface area (Å²) in [7, 11) is 3.38. The van der Waals surface area contributed by atoms with Gasteiger partial charge in [-0.1, -0.05) is 30.0 Å². The summed E-state index contributed by atoms with van der Waals surface area (Å²) in [4.78, 5) is 27.2. The molecule has 0 aromatic heterocycles. The van der Waals surface area contributed by atoms with E-state index in [0.29, 0.717) is 6.54 Å². The van der Waals surface area contributed by atoms with Crippen LogP contribution in [0.4, 0.5) is 4.79 Å². The molecule has 0 saturated carbocycles. The molecule has 0 N–H and O–H groups in total. The zero-order valence-electron chi connectivity index (χ0n) is 12.5. The summed E-state index contributed by atoms with van der Waals surface area (Å²) in [6.07, 6.45) is 0. The smallest absolute Gasteiger partial charge is 0.282 e. The van der Waals surface area contributed by atoms with Crippen molar-refractivity contribution in [1.82, 2.24) is 9.80 Å². The molecule has 1 atom stereocenters. The molecule has 21 heavy (non-hydrogen) atoms. The lowest BCUT2D eigenvalue weighted by molar-refractivity contribution is -0.132. The molecular weight excluding hydrogens is 288 g/mol. The number of thioether (sulfide) groups is 1. The highest BCUT2D eigenvalue weighted by molar-refractivity contribution is 8.13. The molecule has 1 aromatic carbocycles. The molecule has 1 saturated heterocycles. The quantitative estimate of drug-likeness (QED) is 0.838. The van der Waals surface area contributed by atoms with Crippen molar-refractivity contribution in [2.24, 2.45) is 0 Å². The second kappa shape index (κ2) is 6.85. The molecule has 2 amide bonds. The Morgan fingerprint density at radius 3 is 2.81 bits per heavy atom. The van der Waals surface area contributed by atoms with Crippen molar-refractivity contribution in [2.45, 2.75) is 13.0 Å². The first-order valence-electron chi connectivity index (χ1n) is 6.85. The highest BCUT2D eigenvalue weighted by Crippen LogP contribution is 2.28. The number of carbonyl (C=O) groups excluding carboxylic acids is 2. The number of hydrogen-bond donors (Lipinski definition) is 0. The SMILES string of the molecule is COc1ccccc1[C@H](C)N(C)C(=O)CN1CCSC1=O. The van der Waals surface area contributed by atoms with Crippen molar-refractivity contribution in [2.75, 3.05) is 33.0 Å². The largest absolute Gasteiger partial charge is 0.496 e. The zero-order chi connectivity index (χ0) is 15.4. The van der Waals surface area contributed by atoms with Crippen LogP contribution >= 0.6 is 11.8 Å². The van der Waals surface area contributed by atoms with Gasteiger partial charge in [-0.3, -0.25) is 9.59 Å². The molecular formula is C15H20N2O3S. The molecule has 0 radical (unpaired) electrons. The van der Waals surface area contributed by atoms with Gasteiger partial charge in [-0.05, 0) is 13.0 Å². The highest BCUT2D eigenvalue weighted by Gasteiger charge is 2.27. The van der Waals surface area contributed by atoms with Gasteiger partial charge in [0.25, 0.3) is 5.24 Å². The van der Waals surface area contributed by atoms with E-state index < -0.39 is 0 Å². The van der Waals surface area contributed by atoms with Crippen LogP contribution in [-0.4, -0.2) is 53.9 Å². The first kappa shape index (κ1) is 15.7. The van der Waals surface area contributed by atoms with Gasteiger partial charge in [-0.2, -0.15) is 0 Å². The maximum Gasteiger partial charge on any atom is 0.282 e. The number of benzene rings is 1. The molecule has 1 aliphatic rings. The number of para-hydroxylation sites is 1. The van der Waals surface area contributed by atoms with E-state index in [4.69, 9.17) is 4.74 Å². The van der Waals surface area contributed by atoms with Gasteiger partial charge >= 0.3 is 0 Å². The summed E-state index contributed by atoms with van der Waals surface area (Å²) in [6, 6.07) is 7.54. The molecule has 1 fully saturated rings. The Morgan fingerprint density at radius 2 is 2.19 bits per heavy atom. The Balaban J connectivity index is 2.06. The summed E-state index contributed by atoms with van der Waals surface area (Å²) in [5, 5.41) is -0.0123.